The summed E-state index contributed by atoms with van der Waals surface area (Å²) < 4.78 is 5.56. The molecule has 20 heavy (non-hydrogen) atoms. The molecule has 0 unspecified atom stereocenters. The Morgan fingerprint density at radius 3 is 2.70 bits per heavy atom. The van der Waals surface area contributed by atoms with Gasteiger partial charge in [-0.3, -0.25) is 4.90 Å². The van der Waals surface area contributed by atoms with Gasteiger partial charge in [-0.1, -0.05) is 26.0 Å². The van der Waals surface area contributed by atoms with Crippen molar-refractivity contribution in [2.24, 2.45) is 5.73 Å². The van der Waals surface area contributed by atoms with Crippen molar-refractivity contribution >= 4 is 0 Å². The van der Waals surface area contributed by atoms with Crippen LogP contribution in [0, 0.1) is 0 Å². The van der Waals surface area contributed by atoms with Crippen LogP contribution in [0.3, 0.4) is 0 Å². The summed E-state index contributed by atoms with van der Waals surface area (Å²) in [6.45, 7) is 7.09. The lowest BCUT2D eigenvalue weighted by molar-refractivity contribution is 0.117. The summed E-state index contributed by atoms with van der Waals surface area (Å²) in [5.74, 6) is 1.07. The number of fused-ring (bicyclic) bond motifs is 1. The van der Waals surface area contributed by atoms with E-state index in [9.17, 15) is 0 Å². The molecule has 3 nitrogen and oxygen atoms in total. The van der Waals surface area contributed by atoms with Crippen molar-refractivity contribution < 1.29 is 4.74 Å². The molecular weight excluding hydrogens is 248 g/mol. The van der Waals surface area contributed by atoms with Gasteiger partial charge in [-0.15, -0.1) is 0 Å². The van der Waals surface area contributed by atoms with Crippen molar-refractivity contribution in [2.45, 2.75) is 45.1 Å². The highest BCUT2D eigenvalue weighted by molar-refractivity contribution is 5.39. The maximum atomic E-state index is 6.01. The highest BCUT2D eigenvalue weighted by Crippen LogP contribution is 2.27. The van der Waals surface area contributed by atoms with Gasteiger partial charge in [-0.2, -0.15) is 0 Å². The van der Waals surface area contributed by atoms with Crippen LogP contribution in [-0.2, 0) is 12.8 Å². The summed E-state index contributed by atoms with van der Waals surface area (Å²) in [5.41, 5.74) is 8.93. The van der Waals surface area contributed by atoms with E-state index in [1.54, 1.807) is 0 Å². The predicted octanol–water partition coefficient (Wildman–Crippen LogP) is 2.61. The quantitative estimate of drug-likeness (QED) is 0.832. The molecule has 1 aromatic rings. The van der Waals surface area contributed by atoms with Gasteiger partial charge in [0.2, 0.25) is 0 Å². The topological polar surface area (TPSA) is 38.5 Å². The first-order valence-corrected chi connectivity index (χ1v) is 7.81. The van der Waals surface area contributed by atoms with Gasteiger partial charge in [-0.25, -0.2) is 0 Å². The fraction of sp³-hybridized carbons (Fsp3) is 0.647. The Bertz CT molecular complexity index is 432. The summed E-state index contributed by atoms with van der Waals surface area (Å²) in [6.07, 6.45) is 4.34. The van der Waals surface area contributed by atoms with E-state index in [-0.39, 0.29) is 5.54 Å². The van der Waals surface area contributed by atoms with Crippen molar-refractivity contribution in [1.29, 1.82) is 0 Å². The fourth-order valence-corrected chi connectivity index (χ4v) is 3.16. The molecule has 1 aliphatic heterocycles. The average Bonchev–Trinajstić information content (AvgIpc) is 2.95. The molecule has 0 radical (unpaired) electrons. The van der Waals surface area contributed by atoms with E-state index in [0.29, 0.717) is 0 Å². The summed E-state index contributed by atoms with van der Waals surface area (Å²) in [5, 5.41) is 0. The van der Waals surface area contributed by atoms with Crippen LogP contribution in [0.2, 0.25) is 0 Å². The Balaban J connectivity index is 1.97. The minimum atomic E-state index is 0.153. The van der Waals surface area contributed by atoms with Crippen LogP contribution in [0.15, 0.2) is 18.2 Å². The molecule has 0 amide bonds. The van der Waals surface area contributed by atoms with Crippen molar-refractivity contribution in [3.8, 4) is 5.75 Å². The molecule has 2 rings (SSSR count). The van der Waals surface area contributed by atoms with E-state index in [2.05, 4.69) is 44.0 Å². The third-order valence-electron chi connectivity index (χ3n) is 5.00. The second-order valence-corrected chi connectivity index (χ2v) is 5.85. The van der Waals surface area contributed by atoms with Crippen LogP contribution in [0.25, 0.3) is 0 Å². The number of rotatable bonds is 7. The Kier molecular flexibility index (Phi) is 5.06. The summed E-state index contributed by atoms with van der Waals surface area (Å²) in [7, 11) is 2.20. The number of hydrogen-bond acceptors (Lipinski definition) is 3. The van der Waals surface area contributed by atoms with Gasteiger partial charge in [0, 0.05) is 25.0 Å². The highest BCUT2D eigenvalue weighted by atomic mass is 16.5. The van der Waals surface area contributed by atoms with E-state index < -0.39 is 0 Å². The Morgan fingerprint density at radius 2 is 2.05 bits per heavy atom. The lowest BCUT2D eigenvalue weighted by Gasteiger charge is -2.40. The maximum absolute atomic E-state index is 6.01. The standard InChI is InChI=1S/C17H28N2O/c1-4-17(5-2,13-18)19(3)10-8-14-6-7-16-15(12-14)9-11-20-16/h6-7,12H,4-5,8-11,13,18H2,1-3H3. The lowest BCUT2D eigenvalue weighted by atomic mass is 9.90. The molecule has 1 heterocycles. The van der Waals surface area contributed by atoms with Crippen molar-refractivity contribution in [3.05, 3.63) is 29.3 Å². The SMILES string of the molecule is CCC(CC)(CN)N(C)CCc1ccc2c(c1)CCO2. The van der Waals surface area contributed by atoms with Gasteiger partial charge in [-0.05, 0) is 43.5 Å². The van der Waals surface area contributed by atoms with Gasteiger partial charge in [0.15, 0.2) is 0 Å². The Morgan fingerprint density at radius 1 is 1.30 bits per heavy atom. The zero-order chi connectivity index (χ0) is 14.6. The molecule has 0 aliphatic carbocycles. The van der Waals surface area contributed by atoms with E-state index in [1.165, 1.54) is 11.1 Å². The molecule has 0 saturated carbocycles. The number of ether oxygens (including phenoxy) is 1. The number of hydrogen-bond donors (Lipinski definition) is 1. The zero-order valence-corrected chi connectivity index (χ0v) is 13.1. The van der Waals surface area contributed by atoms with Crippen LogP contribution in [0.5, 0.6) is 5.75 Å². The first kappa shape index (κ1) is 15.3. The average molecular weight is 276 g/mol. The van der Waals surface area contributed by atoms with Crippen LogP contribution >= 0.6 is 0 Å². The third kappa shape index (κ3) is 2.99. The van der Waals surface area contributed by atoms with Gasteiger partial charge in [0.1, 0.15) is 5.75 Å². The highest BCUT2D eigenvalue weighted by Gasteiger charge is 2.28. The smallest absolute Gasteiger partial charge is 0.122 e. The third-order valence-corrected chi connectivity index (χ3v) is 5.00. The Hall–Kier alpha value is -1.06. The lowest BCUT2D eigenvalue weighted by Crippen LogP contribution is -2.51. The largest absolute Gasteiger partial charge is 0.493 e. The number of likely N-dealkylation sites (N-methyl/N-ethyl adjacent to an activating group) is 1. The Labute approximate surface area is 123 Å². The van der Waals surface area contributed by atoms with E-state index in [0.717, 1.165) is 51.1 Å². The van der Waals surface area contributed by atoms with E-state index >= 15 is 0 Å². The minimum Gasteiger partial charge on any atom is -0.493 e. The maximum Gasteiger partial charge on any atom is 0.122 e. The van der Waals surface area contributed by atoms with Crippen molar-refractivity contribution in [1.82, 2.24) is 4.90 Å². The molecule has 1 aliphatic rings. The number of nitrogens with two attached hydrogens (primary N) is 1. The molecule has 0 saturated heterocycles. The molecule has 0 aromatic heterocycles. The molecular formula is C17H28N2O. The molecule has 0 bridgehead atoms. The summed E-state index contributed by atoms with van der Waals surface area (Å²) >= 11 is 0. The first-order chi connectivity index (χ1) is 9.65. The van der Waals surface area contributed by atoms with Crippen molar-refractivity contribution in [3.63, 3.8) is 0 Å². The molecule has 1 aromatic carbocycles. The van der Waals surface area contributed by atoms with Crippen LogP contribution in [0.4, 0.5) is 0 Å². The second-order valence-electron chi connectivity index (χ2n) is 5.85. The molecule has 0 spiro atoms. The monoisotopic (exact) mass is 276 g/mol. The number of nitrogens with zero attached hydrogens (tertiary/aromatic N) is 1. The summed E-state index contributed by atoms with van der Waals surface area (Å²) in [6, 6.07) is 6.62. The molecule has 0 fully saturated rings. The van der Waals surface area contributed by atoms with E-state index in [4.69, 9.17) is 10.5 Å². The molecule has 0 atom stereocenters. The van der Waals surface area contributed by atoms with Gasteiger partial charge < -0.3 is 10.5 Å². The molecule has 2 N–H and O–H groups in total. The van der Waals surface area contributed by atoms with Gasteiger partial charge in [0.25, 0.3) is 0 Å². The minimum absolute atomic E-state index is 0.153. The van der Waals surface area contributed by atoms with Crippen molar-refractivity contribution in [2.75, 3.05) is 26.7 Å². The van der Waals surface area contributed by atoms with E-state index in [1.807, 2.05) is 0 Å². The van der Waals surface area contributed by atoms with Crippen LogP contribution in [0.1, 0.15) is 37.8 Å². The van der Waals surface area contributed by atoms with Crippen LogP contribution in [-0.4, -0.2) is 37.2 Å². The molecule has 112 valence electrons. The van der Waals surface area contributed by atoms with Crippen LogP contribution < -0.4 is 10.5 Å². The second kappa shape index (κ2) is 6.59. The van der Waals surface area contributed by atoms with Gasteiger partial charge >= 0.3 is 0 Å². The normalized spacial score (nSPS) is 14.4. The van der Waals surface area contributed by atoms with Gasteiger partial charge in [0.05, 0.1) is 6.61 Å². The number of benzene rings is 1. The zero-order valence-electron chi connectivity index (χ0n) is 13.1. The summed E-state index contributed by atoms with van der Waals surface area (Å²) in [4.78, 5) is 2.44. The fourth-order valence-electron chi connectivity index (χ4n) is 3.16. The first-order valence-electron chi connectivity index (χ1n) is 7.81. The molecule has 3 heteroatoms. The predicted molar refractivity (Wildman–Crippen MR) is 84.3 cm³/mol.